The van der Waals surface area contributed by atoms with E-state index in [0.717, 1.165) is 25.7 Å². The highest BCUT2D eigenvalue weighted by Gasteiger charge is 2.35. The van der Waals surface area contributed by atoms with Crippen molar-refractivity contribution in [2.24, 2.45) is 0 Å². The smallest absolute Gasteiger partial charge is 0.160 e. The Bertz CT molecular complexity index is 215. The van der Waals surface area contributed by atoms with Gasteiger partial charge in [0.2, 0.25) is 0 Å². The standard InChI is InChI=1S/C12H22N2O2/c15-14(16)13(11-7-3-1-4-8-11)12-9-5-2-6-10-12/h11-12H,1-10H2. The molecule has 0 aliphatic heterocycles. The maximum Gasteiger partial charge on any atom is 0.160 e. The molecule has 2 aliphatic rings. The Hall–Kier alpha value is -0.800. The summed E-state index contributed by atoms with van der Waals surface area (Å²) in [6.07, 6.45) is 11.3. The van der Waals surface area contributed by atoms with E-state index in [-0.39, 0.29) is 17.1 Å². The van der Waals surface area contributed by atoms with Crippen molar-refractivity contribution in [2.75, 3.05) is 0 Å². The minimum atomic E-state index is -0.119. The third-order valence-corrected chi connectivity index (χ3v) is 4.09. The zero-order chi connectivity index (χ0) is 11.4. The van der Waals surface area contributed by atoms with E-state index in [2.05, 4.69) is 0 Å². The molecule has 92 valence electrons. The summed E-state index contributed by atoms with van der Waals surface area (Å²) in [5, 5.41) is 12.7. The fourth-order valence-corrected chi connectivity index (χ4v) is 3.26. The molecule has 2 aliphatic carbocycles. The molecule has 0 aromatic heterocycles. The van der Waals surface area contributed by atoms with Gasteiger partial charge < -0.3 is 0 Å². The third kappa shape index (κ3) is 2.66. The number of nitrogens with zero attached hydrogens (tertiary/aromatic N) is 2. The fourth-order valence-electron chi connectivity index (χ4n) is 3.26. The highest BCUT2D eigenvalue weighted by molar-refractivity contribution is 4.78. The molecule has 4 heteroatoms. The molecule has 4 nitrogen and oxygen atoms in total. The minimum Gasteiger partial charge on any atom is -0.235 e. The molecule has 0 amide bonds. The van der Waals surface area contributed by atoms with Crippen LogP contribution < -0.4 is 0 Å². The van der Waals surface area contributed by atoms with Gasteiger partial charge in [-0.3, -0.25) is 0 Å². The molecule has 0 aromatic rings. The molecular formula is C12H22N2O2. The Kier molecular flexibility index (Phi) is 4.02. The molecule has 0 radical (unpaired) electrons. The van der Waals surface area contributed by atoms with E-state index in [9.17, 15) is 10.1 Å². The summed E-state index contributed by atoms with van der Waals surface area (Å²) >= 11 is 0. The van der Waals surface area contributed by atoms with Gasteiger partial charge in [0.15, 0.2) is 5.03 Å². The van der Waals surface area contributed by atoms with Crippen molar-refractivity contribution in [3.8, 4) is 0 Å². The van der Waals surface area contributed by atoms with E-state index in [1.54, 1.807) is 5.01 Å². The van der Waals surface area contributed by atoms with E-state index < -0.39 is 0 Å². The van der Waals surface area contributed by atoms with Gasteiger partial charge in [-0.25, -0.2) is 10.1 Å². The predicted octanol–water partition coefficient (Wildman–Crippen LogP) is 3.15. The molecule has 0 saturated heterocycles. The van der Waals surface area contributed by atoms with Gasteiger partial charge in [-0.05, 0) is 25.7 Å². The van der Waals surface area contributed by atoms with Crippen LogP contribution in [0.25, 0.3) is 0 Å². The molecule has 2 fully saturated rings. The van der Waals surface area contributed by atoms with E-state index in [0.29, 0.717) is 0 Å². The quantitative estimate of drug-likeness (QED) is 0.548. The summed E-state index contributed by atoms with van der Waals surface area (Å²) in [5.41, 5.74) is 0. The highest BCUT2D eigenvalue weighted by Crippen LogP contribution is 2.29. The van der Waals surface area contributed by atoms with Crippen LogP contribution in [0.15, 0.2) is 0 Å². The van der Waals surface area contributed by atoms with Crippen LogP contribution in [0.3, 0.4) is 0 Å². The SMILES string of the molecule is O=[N+]([O-])N(C1CCCCC1)C1CCCCC1. The highest BCUT2D eigenvalue weighted by atomic mass is 16.7. The second-order valence-corrected chi connectivity index (χ2v) is 5.20. The van der Waals surface area contributed by atoms with Crippen molar-refractivity contribution in [1.29, 1.82) is 0 Å². The molecular weight excluding hydrogens is 204 g/mol. The molecule has 2 saturated carbocycles. The molecule has 16 heavy (non-hydrogen) atoms. The van der Waals surface area contributed by atoms with Crippen molar-refractivity contribution < 1.29 is 5.03 Å². The molecule has 0 heterocycles. The molecule has 0 atom stereocenters. The van der Waals surface area contributed by atoms with Gasteiger partial charge in [0.1, 0.15) is 0 Å². The van der Waals surface area contributed by atoms with Crippen molar-refractivity contribution >= 4 is 0 Å². The van der Waals surface area contributed by atoms with E-state index in [1.807, 2.05) is 0 Å². The van der Waals surface area contributed by atoms with Crippen LogP contribution in [0.5, 0.6) is 0 Å². The van der Waals surface area contributed by atoms with Gasteiger partial charge in [0.25, 0.3) is 0 Å². The topological polar surface area (TPSA) is 46.4 Å². The third-order valence-electron chi connectivity index (χ3n) is 4.09. The predicted molar refractivity (Wildman–Crippen MR) is 62.6 cm³/mol. The number of nitro groups is 1. The second-order valence-electron chi connectivity index (χ2n) is 5.20. The average Bonchev–Trinajstić information content (AvgIpc) is 2.31. The maximum atomic E-state index is 11.2. The van der Waals surface area contributed by atoms with Crippen LogP contribution in [0.2, 0.25) is 0 Å². The van der Waals surface area contributed by atoms with Crippen molar-refractivity contribution in [1.82, 2.24) is 5.01 Å². The Labute approximate surface area is 97.1 Å². The van der Waals surface area contributed by atoms with Crippen molar-refractivity contribution in [2.45, 2.75) is 76.3 Å². The van der Waals surface area contributed by atoms with Gasteiger partial charge in [-0.15, -0.1) is 5.01 Å². The Morgan fingerprint density at radius 2 is 1.19 bits per heavy atom. The van der Waals surface area contributed by atoms with Crippen LogP contribution in [-0.2, 0) is 0 Å². The second kappa shape index (κ2) is 5.51. The summed E-state index contributed by atoms with van der Waals surface area (Å²) in [6.45, 7) is 0. The Balaban J connectivity index is 1.99. The van der Waals surface area contributed by atoms with Gasteiger partial charge in [0, 0.05) is 0 Å². The lowest BCUT2D eigenvalue weighted by atomic mass is 9.90. The number of rotatable bonds is 3. The summed E-state index contributed by atoms with van der Waals surface area (Å²) in [6, 6.07) is 0.429. The first-order valence-corrected chi connectivity index (χ1v) is 6.71. The molecule has 0 spiro atoms. The van der Waals surface area contributed by atoms with E-state index in [4.69, 9.17) is 0 Å². The van der Waals surface area contributed by atoms with Crippen LogP contribution in [0, 0.1) is 10.1 Å². The summed E-state index contributed by atoms with van der Waals surface area (Å²) in [7, 11) is 0. The molecule has 0 aromatic carbocycles. The first-order valence-electron chi connectivity index (χ1n) is 6.71. The largest absolute Gasteiger partial charge is 0.235 e. The van der Waals surface area contributed by atoms with Gasteiger partial charge in [0.05, 0.1) is 12.1 Å². The van der Waals surface area contributed by atoms with Crippen LogP contribution in [-0.4, -0.2) is 22.1 Å². The normalized spacial score (nSPS) is 24.2. The lowest BCUT2D eigenvalue weighted by Crippen LogP contribution is -2.48. The molecule has 0 unspecified atom stereocenters. The lowest BCUT2D eigenvalue weighted by Gasteiger charge is -2.35. The lowest BCUT2D eigenvalue weighted by molar-refractivity contribution is -0.675. The molecule has 0 bridgehead atoms. The van der Waals surface area contributed by atoms with Crippen molar-refractivity contribution in [3.63, 3.8) is 0 Å². The van der Waals surface area contributed by atoms with Gasteiger partial charge in [-0.2, -0.15) is 0 Å². The van der Waals surface area contributed by atoms with Crippen LogP contribution in [0.1, 0.15) is 64.2 Å². The number of hydrogen-bond acceptors (Lipinski definition) is 2. The Morgan fingerprint density at radius 1 is 0.812 bits per heavy atom. The van der Waals surface area contributed by atoms with Crippen LogP contribution >= 0.6 is 0 Å². The fraction of sp³-hybridized carbons (Fsp3) is 1.00. The van der Waals surface area contributed by atoms with Crippen molar-refractivity contribution in [3.05, 3.63) is 10.1 Å². The van der Waals surface area contributed by atoms with Gasteiger partial charge in [-0.1, -0.05) is 38.5 Å². The minimum absolute atomic E-state index is 0.119. The first kappa shape index (κ1) is 11.7. The molecule has 2 rings (SSSR count). The first-order chi connectivity index (χ1) is 7.79. The van der Waals surface area contributed by atoms with E-state index in [1.165, 1.54) is 38.5 Å². The van der Waals surface area contributed by atoms with E-state index >= 15 is 0 Å². The monoisotopic (exact) mass is 226 g/mol. The molecule has 0 N–H and O–H groups in total. The number of hydrogen-bond donors (Lipinski definition) is 0. The summed E-state index contributed by atoms with van der Waals surface area (Å²) in [4.78, 5) is 11.2. The maximum absolute atomic E-state index is 11.2. The summed E-state index contributed by atoms with van der Waals surface area (Å²) < 4.78 is 0. The Morgan fingerprint density at radius 3 is 1.50 bits per heavy atom. The van der Waals surface area contributed by atoms with Gasteiger partial charge >= 0.3 is 0 Å². The summed E-state index contributed by atoms with van der Waals surface area (Å²) in [5.74, 6) is 0. The zero-order valence-electron chi connectivity index (χ0n) is 9.94. The zero-order valence-corrected chi connectivity index (χ0v) is 9.94. The number of hydrazine groups is 1. The average molecular weight is 226 g/mol. The van der Waals surface area contributed by atoms with Crippen LogP contribution in [0.4, 0.5) is 0 Å².